The maximum Gasteiger partial charge on any atom is 0.114 e. The van der Waals surface area contributed by atoms with E-state index in [4.69, 9.17) is 9.47 Å². The monoisotopic (exact) mass is 261 g/mol. The lowest BCUT2D eigenvalue weighted by atomic mass is 9.96. The van der Waals surface area contributed by atoms with Gasteiger partial charge in [-0.2, -0.15) is 0 Å². The lowest BCUT2D eigenvalue weighted by Gasteiger charge is -2.33. The molecule has 0 amide bonds. The lowest BCUT2D eigenvalue weighted by molar-refractivity contribution is 0.0292. The zero-order valence-corrected chi connectivity index (χ0v) is 12.0. The van der Waals surface area contributed by atoms with Crippen LogP contribution in [0.15, 0.2) is 30.3 Å². The van der Waals surface area contributed by atoms with E-state index in [9.17, 15) is 0 Å². The van der Waals surface area contributed by atoms with Gasteiger partial charge < -0.3 is 9.47 Å². The molecule has 0 aliphatic carbocycles. The van der Waals surface area contributed by atoms with E-state index in [-0.39, 0.29) is 12.3 Å². The van der Waals surface area contributed by atoms with Crippen LogP contribution in [-0.2, 0) is 9.47 Å². The maximum atomic E-state index is 6.00. The number of methoxy groups -OCH3 is 1. The molecule has 0 radical (unpaired) electrons. The Labute approximate surface area is 115 Å². The Bertz CT molecular complexity index is 420. The molecule has 2 fully saturated rings. The van der Waals surface area contributed by atoms with Crippen molar-refractivity contribution in [2.45, 2.75) is 44.7 Å². The van der Waals surface area contributed by atoms with Crippen LogP contribution in [0.25, 0.3) is 0 Å². The van der Waals surface area contributed by atoms with Crippen molar-refractivity contribution in [2.75, 3.05) is 13.7 Å². The summed E-state index contributed by atoms with van der Waals surface area (Å²) >= 11 is 0. The molecule has 2 aliphatic rings. The Kier molecular flexibility index (Phi) is 3.61. The fraction of sp³-hybridized carbons (Fsp3) is 0.625. The summed E-state index contributed by atoms with van der Waals surface area (Å²) < 4.78 is 11.7. The minimum absolute atomic E-state index is 0.225. The van der Waals surface area contributed by atoms with Gasteiger partial charge in [-0.05, 0) is 11.5 Å². The number of hydrogen-bond acceptors (Lipinski definition) is 3. The topological polar surface area (TPSA) is 21.7 Å². The number of hydrogen-bond donors (Lipinski definition) is 0. The molecule has 0 spiro atoms. The van der Waals surface area contributed by atoms with Gasteiger partial charge in [-0.15, -0.1) is 0 Å². The molecule has 104 valence electrons. The van der Waals surface area contributed by atoms with E-state index in [0.717, 1.165) is 13.0 Å². The first-order chi connectivity index (χ1) is 9.22. The number of benzene rings is 1. The van der Waals surface area contributed by atoms with Gasteiger partial charge in [0.1, 0.15) is 6.23 Å². The van der Waals surface area contributed by atoms with Gasteiger partial charge in [-0.1, -0.05) is 44.2 Å². The molecule has 0 N–H and O–H groups in total. The third-order valence-electron chi connectivity index (χ3n) is 4.47. The summed E-state index contributed by atoms with van der Waals surface area (Å²) in [6.07, 6.45) is 1.50. The van der Waals surface area contributed by atoms with Crippen LogP contribution in [0.3, 0.4) is 0 Å². The highest BCUT2D eigenvalue weighted by molar-refractivity contribution is 5.21. The SMILES string of the molecule is CO[C@H]1C[C@H]2OC[C@H](c3ccccc3)N2[C@@H]1C(C)C. The third kappa shape index (κ3) is 2.20. The van der Waals surface area contributed by atoms with Crippen LogP contribution < -0.4 is 0 Å². The lowest BCUT2D eigenvalue weighted by Crippen LogP contribution is -2.42. The summed E-state index contributed by atoms with van der Waals surface area (Å²) in [5.41, 5.74) is 1.35. The Balaban J connectivity index is 1.89. The van der Waals surface area contributed by atoms with E-state index in [1.165, 1.54) is 5.56 Å². The van der Waals surface area contributed by atoms with Crippen LogP contribution in [0.4, 0.5) is 0 Å². The summed E-state index contributed by atoms with van der Waals surface area (Å²) in [4.78, 5) is 2.54. The second kappa shape index (κ2) is 5.23. The molecule has 3 nitrogen and oxygen atoms in total. The molecule has 1 aromatic rings. The van der Waals surface area contributed by atoms with Crippen molar-refractivity contribution < 1.29 is 9.47 Å². The largest absolute Gasteiger partial charge is 0.380 e. The van der Waals surface area contributed by atoms with Crippen LogP contribution in [0.1, 0.15) is 31.9 Å². The van der Waals surface area contributed by atoms with Crippen molar-refractivity contribution in [1.82, 2.24) is 4.90 Å². The molecule has 2 heterocycles. The van der Waals surface area contributed by atoms with Crippen LogP contribution >= 0.6 is 0 Å². The Morgan fingerprint density at radius 3 is 2.63 bits per heavy atom. The molecule has 0 unspecified atom stereocenters. The number of ether oxygens (including phenoxy) is 2. The minimum atomic E-state index is 0.225. The summed E-state index contributed by atoms with van der Waals surface area (Å²) in [6, 6.07) is 11.5. The fourth-order valence-corrected chi connectivity index (χ4v) is 3.65. The summed E-state index contributed by atoms with van der Waals surface area (Å²) in [5, 5.41) is 0. The van der Waals surface area contributed by atoms with E-state index in [0.29, 0.717) is 18.0 Å². The van der Waals surface area contributed by atoms with Gasteiger partial charge in [0, 0.05) is 19.6 Å². The molecule has 3 rings (SSSR count). The van der Waals surface area contributed by atoms with Gasteiger partial charge in [0.25, 0.3) is 0 Å². The average molecular weight is 261 g/mol. The van der Waals surface area contributed by atoms with Crippen LogP contribution in [0.2, 0.25) is 0 Å². The second-order valence-corrected chi connectivity index (χ2v) is 5.91. The third-order valence-corrected chi connectivity index (χ3v) is 4.47. The zero-order chi connectivity index (χ0) is 13.4. The fourth-order valence-electron chi connectivity index (χ4n) is 3.65. The molecular formula is C16H23NO2. The van der Waals surface area contributed by atoms with Gasteiger partial charge in [-0.3, -0.25) is 4.90 Å². The first-order valence-corrected chi connectivity index (χ1v) is 7.19. The highest BCUT2D eigenvalue weighted by Crippen LogP contribution is 2.43. The number of rotatable bonds is 3. The van der Waals surface area contributed by atoms with Gasteiger partial charge in [0.05, 0.1) is 18.8 Å². The maximum absolute atomic E-state index is 6.00. The molecule has 1 aromatic carbocycles. The van der Waals surface area contributed by atoms with Crippen molar-refractivity contribution in [3.8, 4) is 0 Å². The zero-order valence-electron chi connectivity index (χ0n) is 12.0. The van der Waals surface area contributed by atoms with E-state index < -0.39 is 0 Å². The van der Waals surface area contributed by atoms with Crippen molar-refractivity contribution in [3.63, 3.8) is 0 Å². The molecule has 19 heavy (non-hydrogen) atoms. The molecule has 0 saturated carbocycles. The molecule has 4 atom stereocenters. The molecule has 0 bridgehead atoms. The second-order valence-electron chi connectivity index (χ2n) is 5.91. The highest BCUT2D eigenvalue weighted by atomic mass is 16.5. The van der Waals surface area contributed by atoms with Gasteiger partial charge in [0.15, 0.2) is 0 Å². The molecule has 2 saturated heterocycles. The van der Waals surface area contributed by atoms with E-state index in [1.54, 1.807) is 0 Å². The molecule has 2 aliphatic heterocycles. The molecule has 0 aromatic heterocycles. The average Bonchev–Trinajstić information content (AvgIpc) is 2.97. The van der Waals surface area contributed by atoms with Crippen molar-refractivity contribution in [1.29, 1.82) is 0 Å². The summed E-state index contributed by atoms with van der Waals surface area (Å²) in [5.74, 6) is 0.572. The quantitative estimate of drug-likeness (QED) is 0.835. The van der Waals surface area contributed by atoms with Gasteiger partial charge in [0.2, 0.25) is 0 Å². The minimum Gasteiger partial charge on any atom is -0.380 e. The van der Waals surface area contributed by atoms with Gasteiger partial charge in [-0.25, -0.2) is 0 Å². The van der Waals surface area contributed by atoms with E-state index in [2.05, 4.69) is 49.1 Å². The van der Waals surface area contributed by atoms with Gasteiger partial charge >= 0.3 is 0 Å². The standard InChI is InChI=1S/C16H23NO2/c1-11(2)16-14(18-3)9-15-17(16)13(10-19-15)12-7-5-4-6-8-12/h4-8,11,13-16H,9-10H2,1-3H3/t13-,14+,15-,16-/m1/s1. The Hall–Kier alpha value is -0.900. The van der Waals surface area contributed by atoms with Crippen LogP contribution in [-0.4, -0.2) is 37.0 Å². The van der Waals surface area contributed by atoms with E-state index in [1.807, 2.05) is 7.11 Å². The first-order valence-electron chi connectivity index (χ1n) is 7.19. The highest BCUT2D eigenvalue weighted by Gasteiger charge is 2.50. The van der Waals surface area contributed by atoms with Crippen molar-refractivity contribution >= 4 is 0 Å². The van der Waals surface area contributed by atoms with Crippen molar-refractivity contribution in [2.24, 2.45) is 5.92 Å². The normalized spacial score (nSPS) is 34.9. The Morgan fingerprint density at radius 2 is 2.00 bits per heavy atom. The van der Waals surface area contributed by atoms with Crippen LogP contribution in [0, 0.1) is 5.92 Å². The Morgan fingerprint density at radius 1 is 1.26 bits per heavy atom. The summed E-state index contributed by atoms with van der Waals surface area (Å²) in [6.45, 7) is 5.35. The predicted molar refractivity (Wildman–Crippen MR) is 74.8 cm³/mol. The molecular weight excluding hydrogens is 238 g/mol. The number of nitrogens with zero attached hydrogens (tertiary/aromatic N) is 1. The van der Waals surface area contributed by atoms with E-state index >= 15 is 0 Å². The summed E-state index contributed by atoms with van der Waals surface area (Å²) in [7, 11) is 1.82. The first kappa shape index (κ1) is 13.1. The van der Waals surface area contributed by atoms with Crippen LogP contribution in [0.5, 0.6) is 0 Å². The molecule has 3 heteroatoms. The van der Waals surface area contributed by atoms with Crippen molar-refractivity contribution in [3.05, 3.63) is 35.9 Å². The smallest absolute Gasteiger partial charge is 0.114 e. The number of fused-ring (bicyclic) bond motifs is 1. The predicted octanol–water partition coefficient (Wildman–Crippen LogP) is 2.83.